The number of benzene rings is 1. The van der Waals surface area contributed by atoms with Crippen LogP contribution in [0.15, 0.2) is 24.3 Å². The van der Waals surface area contributed by atoms with Crippen molar-refractivity contribution in [1.82, 2.24) is 9.97 Å². The standard InChI is InChI=1S/C21H26N6O2/c1-3-4-16-10-18(27-8-7-14(12-27)19(28)20(23)29)26-21(24-16)25-17-6-5-13(2)15(9-17)11-22/h5-6,9-10,14,19,28H,3-4,7-8,12H2,1-2H3,(H2,23,29)(H,24,25,26). The van der Waals surface area contributed by atoms with Crippen LogP contribution >= 0.6 is 0 Å². The zero-order valence-corrected chi connectivity index (χ0v) is 16.7. The number of nitrogens with one attached hydrogen (secondary N) is 1. The van der Waals surface area contributed by atoms with Crippen molar-refractivity contribution in [3.05, 3.63) is 41.1 Å². The number of aliphatic hydroxyl groups excluding tert-OH is 1. The molecule has 152 valence electrons. The van der Waals surface area contributed by atoms with E-state index in [1.54, 1.807) is 6.07 Å². The second-order valence-electron chi connectivity index (χ2n) is 7.40. The zero-order chi connectivity index (χ0) is 21.0. The lowest BCUT2D eigenvalue weighted by atomic mass is 10.0. The van der Waals surface area contributed by atoms with Crippen molar-refractivity contribution in [2.24, 2.45) is 11.7 Å². The van der Waals surface area contributed by atoms with Crippen LogP contribution in [0, 0.1) is 24.2 Å². The van der Waals surface area contributed by atoms with E-state index in [1.807, 2.05) is 30.0 Å². The lowest BCUT2D eigenvalue weighted by molar-refractivity contribution is -0.128. The monoisotopic (exact) mass is 394 g/mol. The molecule has 2 heterocycles. The highest BCUT2D eigenvalue weighted by Crippen LogP contribution is 2.27. The average molecular weight is 394 g/mol. The normalized spacial score (nSPS) is 17.0. The van der Waals surface area contributed by atoms with Gasteiger partial charge in [0.2, 0.25) is 11.9 Å². The summed E-state index contributed by atoms with van der Waals surface area (Å²) in [6.07, 6.45) is 1.28. The Hall–Kier alpha value is -3.18. The number of nitrogens with zero attached hydrogens (tertiary/aromatic N) is 4. The van der Waals surface area contributed by atoms with Crippen LogP contribution in [0.2, 0.25) is 0 Å². The van der Waals surface area contributed by atoms with Crippen LogP contribution in [0.5, 0.6) is 0 Å². The number of hydrogen-bond acceptors (Lipinski definition) is 7. The minimum atomic E-state index is -1.15. The maximum absolute atomic E-state index is 11.3. The topological polar surface area (TPSA) is 128 Å². The molecule has 4 N–H and O–H groups in total. The second-order valence-corrected chi connectivity index (χ2v) is 7.40. The molecule has 0 saturated carbocycles. The van der Waals surface area contributed by atoms with E-state index in [0.29, 0.717) is 31.0 Å². The van der Waals surface area contributed by atoms with Crippen LogP contribution in [0.4, 0.5) is 17.5 Å². The SMILES string of the molecule is CCCc1cc(N2CCC(C(O)C(N)=O)C2)nc(Nc2ccc(C)c(C#N)c2)n1. The van der Waals surface area contributed by atoms with E-state index < -0.39 is 12.0 Å². The number of nitriles is 1. The number of nitrogens with two attached hydrogens (primary N) is 1. The van der Waals surface area contributed by atoms with Crippen molar-refractivity contribution in [2.45, 2.75) is 39.2 Å². The number of hydrogen-bond donors (Lipinski definition) is 3. The summed E-state index contributed by atoms with van der Waals surface area (Å²) in [5.41, 5.74) is 8.41. The predicted octanol–water partition coefficient (Wildman–Crippen LogP) is 2.03. The number of amides is 1. The fourth-order valence-corrected chi connectivity index (χ4v) is 3.52. The van der Waals surface area contributed by atoms with Crippen LogP contribution in [0.1, 0.15) is 36.6 Å². The molecule has 2 atom stereocenters. The van der Waals surface area contributed by atoms with Crippen LogP contribution < -0.4 is 16.0 Å². The summed E-state index contributed by atoms with van der Waals surface area (Å²) >= 11 is 0. The van der Waals surface area contributed by atoms with Crippen molar-refractivity contribution in [3.63, 3.8) is 0 Å². The van der Waals surface area contributed by atoms with E-state index in [-0.39, 0.29) is 5.92 Å². The minimum absolute atomic E-state index is 0.205. The molecule has 1 amide bonds. The maximum atomic E-state index is 11.3. The molecule has 0 spiro atoms. The van der Waals surface area contributed by atoms with Crippen molar-refractivity contribution < 1.29 is 9.90 Å². The molecule has 1 aliphatic heterocycles. The highest BCUT2D eigenvalue weighted by atomic mass is 16.3. The Morgan fingerprint density at radius 1 is 1.45 bits per heavy atom. The molecular formula is C21H26N6O2. The van der Waals surface area contributed by atoms with Gasteiger partial charge >= 0.3 is 0 Å². The maximum Gasteiger partial charge on any atom is 0.246 e. The summed E-state index contributed by atoms with van der Waals surface area (Å²) in [7, 11) is 0. The average Bonchev–Trinajstić information content (AvgIpc) is 3.19. The molecule has 1 saturated heterocycles. The first-order chi connectivity index (χ1) is 13.9. The van der Waals surface area contributed by atoms with Crippen LogP contribution in [0.25, 0.3) is 0 Å². The van der Waals surface area contributed by atoms with Gasteiger partial charge in [-0.2, -0.15) is 10.2 Å². The van der Waals surface area contributed by atoms with E-state index in [1.165, 1.54) is 0 Å². The summed E-state index contributed by atoms with van der Waals surface area (Å²) in [4.78, 5) is 22.6. The molecule has 8 nitrogen and oxygen atoms in total. The van der Waals surface area contributed by atoms with Gasteiger partial charge in [0, 0.05) is 36.5 Å². The lowest BCUT2D eigenvalue weighted by Gasteiger charge is -2.20. The largest absolute Gasteiger partial charge is 0.383 e. The molecule has 1 aromatic heterocycles. The number of anilines is 3. The number of carbonyl (C=O) groups excluding carboxylic acids is 1. The van der Waals surface area contributed by atoms with Gasteiger partial charge in [0.15, 0.2) is 0 Å². The molecule has 2 aromatic rings. The molecule has 1 aliphatic rings. The molecule has 1 aromatic carbocycles. The van der Waals surface area contributed by atoms with Crippen molar-refractivity contribution in [1.29, 1.82) is 5.26 Å². The second kappa shape index (κ2) is 8.88. The van der Waals surface area contributed by atoms with E-state index in [0.717, 1.165) is 35.6 Å². The predicted molar refractivity (Wildman–Crippen MR) is 111 cm³/mol. The fraction of sp³-hybridized carbons (Fsp3) is 0.429. The first-order valence-electron chi connectivity index (χ1n) is 9.79. The number of primary amides is 1. The van der Waals surface area contributed by atoms with Crippen LogP contribution in [-0.4, -0.2) is 40.2 Å². The highest BCUT2D eigenvalue weighted by molar-refractivity contribution is 5.79. The molecule has 29 heavy (non-hydrogen) atoms. The molecular weight excluding hydrogens is 368 g/mol. The Kier molecular flexibility index (Phi) is 6.29. The van der Waals surface area contributed by atoms with Gasteiger partial charge in [0.05, 0.1) is 11.6 Å². The summed E-state index contributed by atoms with van der Waals surface area (Å²) in [5.74, 6) is 0.306. The van der Waals surface area contributed by atoms with E-state index in [9.17, 15) is 15.2 Å². The molecule has 0 radical (unpaired) electrons. The first kappa shape index (κ1) is 20.6. The van der Waals surface area contributed by atoms with Crippen LogP contribution in [0.3, 0.4) is 0 Å². The molecule has 1 fully saturated rings. The van der Waals surface area contributed by atoms with Gasteiger partial charge < -0.3 is 21.1 Å². The third-order valence-corrected chi connectivity index (χ3v) is 5.17. The first-order valence-corrected chi connectivity index (χ1v) is 9.79. The van der Waals surface area contributed by atoms with Gasteiger partial charge in [-0.25, -0.2) is 4.98 Å². The lowest BCUT2D eigenvalue weighted by Crippen LogP contribution is -2.36. The van der Waals surface area contributed by atoms with Gasteiger partial charge in [0.25, 0.3) is 0 Å². The Morgan fingerprint density at radius 3 is 2.93 bits per heavy atom. The quantitative estimate of drug-likeness (QED) is 0.655. The van der Waals surface area contributed by atoms with Crippen LogP contribution in [-0.2, 0) is 11.2 Å². The van der Waals surface area contributed by atoms with Crippen molar-refractivity contribution >= 4 is 23.4 Å². The number of aliphatic hydroxyl groups is 1. The van der Waals surface area contributed by atoms with E-state index >= 15 is 0 Å². The third-order valence-electron chi connectivity index (χ3n) is 5.17. The van der Waals surface area contributed by atoms with Crippen molar-refractivity contribution in [2.75, 3.05) is 23.3 Å². The van der Waals surface area contributed by atoms with E-state index in [4.69, 9.17) is 5.73 Å². The van der Waals surface area contributed by atoms with Gasteiger partial charge in [0.1, 0.15) is 11.9 Å². The molecule has 8 heteroatoms. The summed E-state index contributed by atoms with van der Waals surface area (Å²) in [6, 6.07) is 9.68. The number of carbonyl (C=O) groups is 1. The summed E-state index contributed by atoms with van der Waals surface area (Å²) in [6.45, 7) is 5.17. The van der Waals surface area contributed by atoms with Gasteiger partial charge in [-0.1, -0.05) is 19.4 Å². The highest BCUT2D eigenvalue weighted by Gasteiger charge is 2.32. The summed E-state index contributed by atoms with van der Waals surface area (Å²) in [5, 5.41) is 22.4. The molecule has 3 rings (SSSR count). The number of aromatic nitrogens is 2. The Balaban J connectivity index is 1.85. The Morgan fingerprint density at radius 2 is 2.24 bits per heavy atom. The Bertz CT molecular complexity index is 939. The minimum Gasteiger partial charge on any atom is -0.383 e. The molecule has 2 unspecified atom stereocenters. The molecule has 0 aliphatic carbocycles. The number of aryl methyl sites for hydroxylation is 2. The van der Waals surface area contributed by atoms with Gasteiger partial charge in [-0.15, -0.1) is 0 Å². The smallest absolute Gasteiger partial charge is 0.246 e. The summed E-state index contributed by atoms with van der Waals surface area (Å²) < 4.78 is 0. The van der Waals surface area contributed by atoms with E-state index in [2.05, 4.69) is 28.3 Å². The van der Waals surface area contributed by atoms with Gasteiger partial charge in [-0.05, 0) is 37.5 Å². The van der Waals surface area contributed by atoms with Gasteiger partial charge in [-0.3, -0.25) is 4.79 Å². The fourth-order valence-electron chi connectivity index (χ4n) is 3.52. The third kappa shape index (κ3) is 4.81. The van der Waals surface area contributed by atoms with Crippen molar-refractivity contribution in [3.8, 4) is 6.07 Å². The molecule has 0 bridgehead atoms. The zero-order valence-electron chi connectivity index (χ0n) is 16.7. The number of rotatable bonds is 7. The Labute approximate surface area is 170 Å².